The van der Waals surface area contributed by atoms with Crippen LogP contribution in [0, 0.1) is 11.8 Å². The number of hydrogen-bond donors (Lipinski definition) is 0. The van der Waals surface area contributed by atoms with Crippen LogP contribution >= 0.6 is 0 Å². The van der Waals surface area contributed by atoms with Gasteiger partial charge in [0.05, 0.1) is 6.10 Å². The fraction of sp³-hybridized carbons (Fsp3) is 0.857. The molecule has 2 fully saturated rings. The summed E-state index contributed by atoms with van der Waals surface area (Å²) in [6, 6.07) is 0. The minimum Gasteiger partial charge on any atom is -0.381 e. The Balaban J connectivity index is 1.84. The van der Waals surface area contributed by atoms with Gasteiger partial charge in [-0.2, -0.15) is 0 Å². The van der Waals surface area contributed by atoms with Crippen LogP contribution in [-0.2, 0) is 14.3 Å². The number of hydrogen-bond acceptors (Lipinski definition) is 3. The summed E-state index contributed by atoms with van der Waals surface area (Å²) < 4.78 is 5.32. The number of ether oxygens (including phenoxy) is 1. The number of rotatable bonds is 3. The van der Waals surface area contributed by atoms with Gasteiger partial charge in [0.15, 0.2) is 0 Å². The molecule has 102 valence electrons. The smallest absolute Gasteiger partial charge is 0.225 e. The lowest BCUT2D eigenvalue weighted by molar-refractivity contribution is -0.136. The van der Waals surface area contributed by atoms with Crippen molar-refractivity contribution in [1.82, 2.24) is 4.90 Å². The summed E-state index contributed by atoms with van der Waals surface area (Å²) in [6.07, 6.45) is 5.00. The maximum absolute atomic E-state index is 12.3. The molecule has 4 heteroatoms. The third-order valence-electron chi connectivity index (χ3n) is 4.43. The summed E-state index contributed by atoms with van der Waals surface area (Å²) in [5, 5.41) is 0. The SMILES string of the molecule is COC1CCC(C(=O)N2CCC(C(C)=O)C2)CC1. The molecule has 1 heterocycles. The second-order valence-electron chi connectivity index (χ2n) is 5.59. The lowest BCUT2D eigenvalue weighted by Gasteiger charge is -2.29. The van der Waals surface area contributed by atoms with E-state index in [2.05, 4.69) is 0 Å². The molecule has 1 atom stereocenters. The average Bonchev–Trinajstić information content (AvgIpc) is 2.88. The molecule has 1 saturated heterocycles. The van der Waals surface area contributed by atoms with Crippen molar-refractivity contribution in [2.24, 2.45) is 11.8 Å². The number of methoxy groups -OCH3 is 1. The van der Waals surface area contributed by atoms with Gasteiger partial charge in [0.2, 0.25) is 5.91 Å². The van der Waals surface area contributed by atoms with Crippen molar-refractivity contribution in [1.29, 1.82) is 0 Å². The largest absolute Gasteiger partial charge is 0.381 e. The van der Waals surface area contributed by atoms with Gasteiger partial charge in [-0.1, -0.05) is 0 Å². The number of nitrogens with zero attached hydrogens (tertiary/aromatic N) is 1. The predicted octanol–water partition coefficient (Wildman–Crippen LogP) is 1.63. The Morgan fingerprint density at radius 3 is 2.22 bits per heavy atom. The Labute approximate surface area is 109 Å². The molecule has 0 radical (unpaired) electrons. The highest BCUT2D eigenvalue weighted by Crippen LogP contribution is 2.29. The molecule has 1 aliphatic heterocycles. The van der Waals surface area contributed by atoms with E-state index >= 15 is 0 Å². The molecule has 1 amide bonds. The number of Topliss-reactive ketones (excluding diaryl/α,β-unsaturated/α-hetero) is 1. The molecule has 0 aromatic carbocycles. The fourth-order valence-corrected chi connectivity index (χ4v) is 3.10. The predicted molar refractivity (Wildman–Crippen MR) is 68.1 cm³/mol. The first kappa shape index (κ1) is 13.5. The number of amides is 1. The van der Waals surface area contributed by atoms with Crippen molar-refractivity contribution in [3.05, 3.63) is 0 Å². The van der Waals surface area contributed by atoms with E-state index in [-0.39, 0.29) is 23.5 Å². The highest BCUT2D eigenvalue weighted by Gasteiger charge is 2.34. The van der Waals surface area contributed by atoms with E-state index < -0.39 is 0 Å². The summed E-state index contributed by atoms with van der Waals surface area (Å²) in [6.45, 7) is 3.02. The van der Waals surface area contributed by atoms with Crippen LogP contribution in [0.5, 0.6) is 0 Å². The quantitative estimate of drug-likeness (QED) is 0.768. The maximum atomic E-state index is 12.3. The lowest BCUT2D eigenvalue weighted by Crippen LogP contribution is -2.37. The first-order valence-corrected chi connectivity index (χ1v) is 6.94. The van der Waals surface area contributed by atoms with Gasteiger partial charge in [-0.15, -0.1) is 0 Å². The molecule has 1 unspecified atom stereocenters. The van der Waals surface area contributed by atoms with E-state index in [0.717, 1.165) is 38.6 Å². The van der Waals surface area contributed by atoms with Crippen LogP contribution in [-0.4, -0.2) is 42.9 Å². The van der Waals surface area contributed by atoms with Crippen LogP contribution in [0.2, 0.25) is 0 Å². The van der Waals surface area contributed by atoms with E-state index in [9.17, 15) is 9.59 Å². The molecule has 0 aromatic heterocycles. The summed E-state index contributed by atoms with van der Waals surface area (Å²) in [4.78, 5) is 25.5. The highest BCUT2D eigenvalue weighted by molar-refractivity contribution is 5.83. The molecule has 1 saturated carbocycles. The first-order valence-electron chi connectivity index (χ1n) is 6.94. The Hall–Kier alpha value is -0.900. The van der Waals surface area contributed by atoms with Crippen molar-refractivity contribution in [2.45, 2.75) is 45.1 Å². The third-order valence-corrected chi connectivity index (χ3v) is 4.43. The van der Waals surface area contributed by atoms with Gasteiger partial charge in [-0.3, -0.25) is 9.59 Å². The second-order valence-corrected chi connectivity index (χ2v) is 5.59. The van der Waals surface area contributed by atoms with Crippen LogP contribution in [0.4, 0.5) is 0 Å². The number of likely N-dealkylation sites (tertiary alicyclic amines) is 1. The highest BCUT2D eigenvalue weighted by atomic mass is 16.5. The van der Waals surface area contributed by atoms with Crippen LogP contribution in [0.25, 0.3) is 0 Å². The van der Waals surface area contributed by atoms with Crippen molar-refractivity contribution in [3.63, 3.8) is 0 Å². The van der Waals surface area contributed by atoms with Crippen LogP contribution < -0.4 is 0 Å². The van der Waals surface area contributed by atoms with Crippen LogP contribution in [0.15, 0.2) is 0 Å². The Morgan fingerprint density at radius 1 is 1.06 bits per heavy atom. The van der Waals surface area contributed by atoms with Crippen LogP contribution in [0.3, 0.4) is 0 Å². The topological polar surface area (TPSA) is 46.6 Å². The van der Waals surface area contributed by atoms with E-state index in [1.807, 2.05) is 4.90 Å². The fourth-order valence-electron chi connectivity index (χ4n) is 3.10. The zero-order valence-corrected chi connectivity index (χ0v) is 11.4. The Kier molecular flexibility index (Phi) is 4.38. The number of carbonyl (C=O) groups is 2. The minimum atomic E-state index is 0.0734. The van der Waals surface area contributed by atoms with E-state index in [1.165, 1.54) is 0 Å². The monoisotopic (exact) mass is 253 g/mol. The van der Waals surface area contributed by atoms with Gasteiger partial charge in [-0.25, -0.2) is 0 Å². The molecular formula is C14H23NO3. The zero-order valence-electron chi connectivity index (χ0n) is 11.4. The molecule has 4 nitrogen and oxygen atoms in total. The normalized spacial score (nSPS) is 32.6. The molecule has 18 heavy (non-hydrogen) atoms. The van der Waals surface area contributed by atoms with Gasteiger partial charge < -0.3 is 9.64 Å². The van der Waals surface area contributed by atoms with Crippen molar-refractivity contribution in [2.75, 3.05) is 20.2 Å². The second kappa shape index (κ2) is 5.83. The summed E-state index contributed by atoms with van der Waals surface area (Å²) >= 11 is 0. The molecule has 1 aliphatic carbocycles. The molecule has 2 aliphatic rings. The molecule has 0 spiro atoms. The van der Waals surface area contributed by atoms with E-state index in [0.29, 0.717) is 12.6 Å². The lowest BCUT2D eigenvalue weighted by atomic mass is 9.86. The molecule has 2 rings (SSSR count). The van der Waals surface area contributed by atoms with Gasteiger partial charge in [0.25, 0.3) is 0 Å². The first-order chi connectivity index (χ1) is 8.61. The Morgan fingerprint density at radius 2 is 1.72 bits per heavy atom. The van der Waals surface area contributed by atoms with E-state index in [1.54, 1.807) is 14.0 Å². The van der Waals surface area contributed by atoms with Crippen molar-refractivity contribution >= 4 is 11.7 Å². The summed E-state index contributed by atoms with van der Waals surface area (Å²) in [7, 11) is 1.74. The van der Waals surface area contributed by atoms with Crippen molar-refractivity contribution < 1.29 is 14.3 Å². The van der Waals surface area contributed by atoms with Gasteiger partial charge in [0.1, 0.15) is 5.78 Å². The van der Waals surface area contributed by atoms with E-state index in [4.69, 9.17) is 4.74 Å². The van der Waals surface area contributed by atoms with Crippen molar-refractivity contribution in [3.8, 4) is 0 Å². The van der Waals surface area contributed by atoms with Crippen LogP contribution in [0.1, 0.15) is 39.0 Å². The van der Waals surface area contributed by atoms with Gasteiger partial charge >= 0.3 is 0 Å². The third kappa shape index (κ3) is 2.91. The number of ketones is 1. The zero-order chi connectivity index (χ0) is 13.1. The minimum absolute atomic E-state index is 0.0734. The molecule has 0 aromatic rings. The number of carbonyl (C=O) groups excluding carboxylic acids is 2. The maximum Gasteiger partial charge on any atom is 0.225 e. The molecular weight excluding hydrogens is 230 g/mol. The summed E-state index contributed by atoms with van der Waals surface area (Å²) in [5.41, 5.74) is 0. The Bertz CT molecular complexity index is 321. The molecule has 0 bridgehead atoms. The average molecular weight is 253 g/mol. The standard InChI is InChI=1S/C14H23NO3/c1-10(16)12-7-8-15(9-12)14(17)11-3-5-13(18-2)6-4-11/h11-13H,3-9H2,1-2H3. The van der Waals surface area contributed by atoms with Gasteiger partial charge in [-0.05, 0) is 39.0 Å². The molecule has 0 N–H and O–H groups in total. The van der Waals surface area contributed by atoms with Gasteiger partial charge in [0, 0.05) is 32.0 Å². The summed E-state index contributed by atoms with van der Waals surface area (Å²) in [5.74, 6) is 0.702.